The number of hydrogen-bond acceptors (Lipinski definition) is 7. The highest BCUT2D eigenvalue weighted by Crippen LogP contribution is 2.35. The molecule has 52 heavy (non-hydrogen) atoms. The van der Waals surface area contributed by atoms with E-state index in [2.05, 4.69) is 21.3 Å². The molecule has 0 aliphatic heterocycles. The van der Waals surface area contributed by atoms with Crippen molar-refractivity contribution in [3.63, 3.8) is 0 Å². The van der Waals surface area contributed by atoms with Crippen molar-refractivity contribution >= 4 is 40.5 Å². The first-order chi connectivity index (χ1) is 24.1. The molecule has 290 valence electrons. The SMILES string of the molecule is CNC(C(=O)NC(C(=O)N(C)C/C=C(\C)C(=O)N[C@H](CCC(=O)NC(C)CCCCN)C(=O)O)C(C)(C)C)C(C)(C)c1cn(C)c2ccc(F)cc12. The van der Waals surface area contributed by atoms with Gasteiger partial charge in [-0.15, -0.1) is 0 Å². The summed E-state index contributed by atoms with van der Waals surface area (Å²) in [6, 6.07) is 1.44. The monoisotopic (exact) mass is 729 g/mol. The van der Waals surface area contributed by atoms with Gasteiger partial charge in [-0.1, -0.05) is 47.1 Å². The lowest BCUT2D eigenvalue weighted by atomic mass is 9.76. The second-order valence-corrected chi connectivity index (χ2v) is 15.3. The van der Waals surface area contributed by atoms with E-state index < -0.39 is 52.6 Å². The summed E-state index contributed by atoms with van der Waals surface area (Å²) in [4.78, 5) is 66.3. The molecule has 1 aromatic heterocycles. The van der Waals surface area contributed by atoms with Gasteiger partial charge < -0.3 is 41.6 Å². The molecule has 4 amide bonds. The molecule has 0 radical (unpaired) electrons. The molecule has 0 fully saturated rings. The zero-order valence-electron chi connectivity index (χ0n) is 32.5. The Hall–Kier alpha value is -4.30. The smallest absolute Gasteiger partial charge is 0.326 e. The molecule has 1 heterocycles. The number of aromatic nitrogens is 1. The average Bonchev–Trinajstić information content (AvgIpc) is 3.39. The van der Waals surface area contributed by atoms with E-state index in [9.17, 15) is 33.5 Å². The summed E-state index contributed by atoms with van der Waals surface area (Å²) in [6.45, 7) is 13.2. The third-order valence-corrected chi connectivity index (χ3v) is 9.49. The third-order valence-electron chi connectivity index (χ3n) is 9.49. The number of carboxylic acids is 1. The zero-order valence-corrected chi connectivity index (χ0v) is 32.5. The number of benzene rings is 1. The Kier molecular flexibility index (Phi) is 16.0. The Morgan fingerprint density at radius 3 is 2.25 bits per heavy atom. The summed E-state index contributed by atoms with van der Waals surface area (Å²) in [7, 11) is 5.07. The first-order valence-electron chi connectivity index (χ1n) is 17.8. The highest BCUT2D eigenvalue weighted by molar-refractivity contribution is 5.96. The molecule has 4 atom stereocenters. The van der Waals surface area contributed by atoms with Crippen LogP contribution in [0.2, 0.25) is 0 Å². The third kappa shape index (κ3) is 11.9. The maximum Gasteiger partial charge on any atom is 0.326 e. The lowest BCUT2D eigenvalue weighted by Gasteiger charge is -2.38. The summed E-state index contributed by atoms with van der Waals surface area (Å²) < 4.78 is 16.2. The van der Waals surface area contributed by atoms with E-state index in [0.29, 0.717) is 11.9 Å². The van der Waals surface area contributed by atoms with Crippen LogP contribution in [0.25, 0.3) is 10.9 Å². The molecular weight excluding hydrogens is 669 g/mol. The van der Waals surface area contributed by atoms with Crippen molar-refractivity contribution in [2.75, 3.05) is 27.2 Å². The first-order valence-corrected chi connectivity index (χ1v) is 17.8. The minimum atomic E-state index is -1.29. The zero-order chi connectivity index (χ0) is 39.6. The molecular formula is C38H60FN7O6. The van der Waals surface area contributed by atoms with Gasteiger partial charge in [0.05, 0.1) is 6.04 Å². The lowest BCUT2D eigenvalue weighted by molar-refractivity contribution is -0.141. The number of nitrogens with zero attached hydrogens (tertiary/aromatic N) is 2. The van der Waals surface area contributed by atoms with Crippen LogP contribution < -0.4 is 27.0 Å². The van der Waals surface area contributed by atoms with Crippen LogP contribution in [0.3, 0.4) is 0 Å². The van der Waals surface area contributed by atoms with E-state index in [4.69, 9.17) is 5.73 Å². The summed E-state index contributed by atoms with van der Waals surface area (Å²) in [5.74, 6) is -3.40. The summed E-state index contributed by atoms with van der Waals surface area (Å²) >= 11 is 0. The summed E-state index contributed by atoms with van der Waals surface area (Å²) in [5.41, 5.74) is 5.76. The molecule has 0 saturated heterocycles. The maximum atomic E-state index is 14.3. The molecule has 3 unspecified atom stereocenters. The van der Waals surface area contributed by atoms with Crippen molar-refractivity contribution < 1.29 is 33.5 Å². The maximum absolute atomic E-state index is 14.3. The summed E-state index contributed by atoms with van der Waals surface area (Å²) in [6.07, 6.45) is 5.70. The number of aryl methyl sites for hydroxylation is 1. The number of carboxylic acid groups (broad SMARTS) is 1. The largest absolute Gasteiger partial charge is 0.480 e. The van der Waals surface area contributed by atoms with E-state index in [-0.39, 0.29) is 42.7 Å². The number of aliphatic carboxylic acids is 1. The molecule has 2 rings (SSSR count). The molecule has 0 aliphatic carbocycles. The molecule has 0 aliphatic rings. The minimum absolute atomic E-state index is 0.00520. The predicted molar refractivity (Wildman–Crippen MR) is 201 cm³/mol. The highest BCUT2D eigenvalue weighted by atomic mass is 19.1. The van der Waals surface area contributed by atoms with Crippen LogP contribution >= 0.6 is 0 Å². The van der Waals surface area contributed by atoms with Crippen molar-refractivity contribution in [3.8, 4) is 0 Å². The number of nitrogens with one attached hydrogen (secondary N) is 4. The Morgan fingerprint density at radius 1 is 1.02 bits per heavy atom. The van der Waals surface area contributed by atoms with E-state index >= 15 is 0 Å². The standard InChI is InChI=1S/C38H60FN7O6/c1-23(33(48)43-28(36(51)52)15-17-30(47)42-24(2)13-11-12-19-40)18-20-45(9)35(50)32(37(3,4)5)44-34(49)31(41-8)38(6,7)27-22-46(10)29-16-14-25(39)21-26(27)29/h14,16,18,21-22,24,28,31-32,41H,11-13,15,17,19-20,40H2,1-10H3,(H,42,47)(H,43,48)(H,44,49)(H,51,52)/b23-18+/t24?,28-,31?,32?/m1/s1. The van der Waals surface area contributed by atoms with Gasteiger partial charge >= 0.3 is 5.97 Å². The van der Waals surface area contributed by atoms with Crippen molar-refractivity contribution in [1.82, 2.24) is 30.7 Å². The average molecular weight is 730 g/mol. The van der Waals surface area contributed by atoms with E-state index in [0.717, 1.165) is 30.3 Å². The number of amides is 4. The number of likely N-dealkylation sites (N-methyl/N-ethyl adjacent to an activating group) is 2. The predicted octanol–water partition coefficient (Wildman–Crippen LogP) is 3.10. The fraction of sp³-hybridized carbons (Fsp3) is 0.605. The van der Waals surface area contributed by atoms with Crippen molar-refractivity contribution in [2.24, 2.45) is 18.2 Å². The van der Waals surface area contributed by atoms with Gasteiger partial charge in [0.2, 0.25) is 23.6 Å². The minimum Gasteiger partial charge on any atom is -0.480 e. The van der Waals surface area contributed by atoms with Gasteiger partial charge in [0.15, 0.2) is 0 Å². The Labute approximate surface area is 307 Å². The van der Waals surface area contributed by atoms with Crippen molar-refractivity contribution in [1.29, 1.82) is 0 Å². The number of fused-ring (bicyclic) bond motifs is 1. The molecule has 7 N–H and O–H groups in total. The number of rotatable bonds is 19. The Morgan fingerprint density at radius 2 is 1.67 bits per heavy atom. The molecule has 0 spiro atoms. The van der Waals surface area contributed by atoms with Crippen LogP contribution in [0.5, 0.6) is 0 Å². The summed E-state index contributed by atoms with van der Waals surface area (Å²) in [5, 5.41) is 21.7. The van der Waals surface area contributed by atoms with Crippen LogP contribution in [0.4, 0.5) is 4.39 Å². The van der Waals surface area contributed by atoms with Gasteiger partial charge in [0.1, 0.15) is 17.9 Å². The van der Waals surface area contributed by atoms with Gasteiger partial charge in [-0.05, 0) is 75.9 Å². The number of carbonyl (C=O) groups excluding carboxylic acids is 4. The fourth-order valence-electron chi connectivity index (χ4n) is 6.22. The van der Waals surface area contributed by atoms with Crippen LogP contribution in [0, 0.1) is 11.2 Å². The highest BCUT2D eigenvalue weighted by Gasteiger charge is 2.41. The van der Waals surface area contributed by atoms with Crippen LogP contribution in [0.1, 0.15) is 86.1 Å². The van der Waals surface area contributed by atoms with Crippen LogP contribution in [-0.4, -0.2) is 95.5 Å². The molecule has 13 nitrogen and oxygen atoms in total. The van der Waals surface area contributed by atoms with E-state index in [1.165, 1.54) is 30.0 Å². The molecule has 2 aromatic rings. The second kappa shape index (κ2) is 19.0. The van der Waals surface area contributed by atoms with Crippen LogP contribution in [0.15, 0.2) is 36.0 Å². The van der Waals surface area contributed by atoms with Crippen LogP contribution in [-0.2, 0) is 36.4 Å². The Bertz CT molecular complexity index is 1610. The van der Waals surface area contributed by atoms with Gasteiger partial charge in [-0.2, -0.15) is 0 Å². The normalized spacial score (nSPS) is 14.7. The number of unbranched alkanes of at least 4 members (excludes halogenated alkanes) is 1. The topological polar surface area (TPSA) is 188 Å². The first kappa shape index (κ1) is 43.9. The van der Waals surface area contributed by atoms with E-state index in [1.54, 1.807) is 20.2 Å². The molecule has 0 saturated carbocycles. The van der Waals surface area contributed by atoms with Gasteiger partial charge in [-0.25, -0.2) is 9.18 Å². The second-order valence-electron chi connectivity index (χ2n) is 15.3. The van der Waals surface area contributed by atoms with Gasteiger partial charge in [0.25, 0.3) is 0 Å². The van der Waals surface area contributed by atoms with E-state index in [1.807, 2.05) is 59.4 Å². The fourth-order valence-corrected chi connectivity index (χ4v) is 6.22. The molecule has 1 aromatic carbocycles. The lowest BCUT2D eigenvalue weighted by Crippen LogP contribution is -2.60. The van der Waals surface area contributed by atoms with Crippen molar-refractivity contribution in [2.45, 2.75) is 110 Å². The van der Waals surface area contributed by atoms with Gasteiger partial charge in [0, 0.05) is 61.2 Å². The van der Waals surface area contributed by atoms with Gasteiger partial charge in [-0.3, -0.25) is 19.2 Å². The molecule has 14 heteroatoms. The number of nitrogens with two attached hydrogens (primary N) is 1. The van der Waals surface area contributed by atoms with Crippen molar-refractivity contribution in [3.05, 3.63) is 47.4 Å². The Balaban J connectivity index is 2.12. The number of carbonyl (C=O) groups is 5. The number of halogens is 1. The molecule has 0 bridgehead atoms. The number of hydrogen-bond donors (Lipinski definition) is 6. The quantitative estimate of drug-likeness (QED) is 0.0940.